The summed E-state index contributed by atoms with van der Waals surface area (Å²) in [6, 6.07) is 10.9. The van der Waals surface area contributed by atoms with Crippen LogP contribution in [-0.2, 0) is 16.0 Å². The summed E-state index contributed by atoms with van der Waals surface area (Å²) in [6.45, 7) is 1.61. The highest BCUT2D eigenvalue weighted by Crippen LogP contribution is 2.34. The zero-order valence-corrected chi connectivity index (χ0v) is 13.6. The molecule has 0 fully saturated rings. The number of halogens is 2. The van der Waals surface area contributed by atoms with Crippen molar-refractivity contribution in [3.8, 4) is 0 Å². The molecule has 0 saturated carbocycles. The van der Waals surface area contributed by atoms with Gasteiger partial charge >= 0.3 is 0 Å². The number of methoxy groups -OCH3 is 1. The molecule has 0 saturated heterocycles. The van der Waals surface area contributed by atoms with Crippen LogP contribution >= 0.6 is 0 Å². The molecule has 2 aromatic rings. The highest BCUT2D eigenvalue weighted by Gasteiger charge is 2.34. The van der Waals surface area contributed by atoms with E-state index in [4.69, 9.17) is 4.74 Å². The van der Waals surface area contributed by atoms with Crippen LogP contribution in [0.15, 0.2) is 42.5 Å². The second kappa shape index (κ2) is 6.69. The second-order valence-corrected chi connectivity index (χ2v) is 6.06. The van der Waals surface area contributed by atoms with Gasteiger partial charge in [-0.05, 0) is 30.5 Å². The van der Waals surface area contributed by atoms with Crippen molar-refractivity contribution < 1.29 is 18.3 Å². The van der Waals surface area contributed by atoms with Gasteiger partial charge in [-0.3, -0.25) is 4.79 Å². The van der Waals surface area contributed by atoms with Crippen LogP contribution in [0, 0.1) is 11.6 Å². The van der Waals surface area contributed by atoms with Crippen LogP contribution in [0.5, 0.6) is 0 Å². The summed E-state index contributed by atoms with van der Waals surface area (Å²) >= 11 is 0. The highest BCUT2D eigenvalue weighted by atomic mass is 19.1. The molecule has 3 nitrogen and oxygen atoms in total. The Morgan fingerprint density at radius 2 is 2.00 bits per heavy atom. The van der Waals surface area contributed by atoms with Crippen molar-refractivity contribution in [3.63, 3.8) is 0 Å². The molecule has 3 rings (SSSR count). The van der Waals surface area contributed by atoms with Gasteiger partial charge in [0.15, 0.2) is 0 Å². The van der Waals surface area contributed by atoms with Crippen LogP contribution in [0.1, 0.15) is 35.6 Å². The topological polar surface area (TPSA) is 38.3 Å². The van der Waals surface area contributed by atoms with E-state index in [9.17, 15) is 13.6 Å². The molecule has 0 spiro atoms. The zero-order chi connectivity index (χ0) is 17.3. The summed E-state index contributed by atoms with van der Waals surface area (Å²) in [4.78, 5) is 12.5. The molecule has 5 heteroatoms. The Bertz CT molecular complexity index is 763. The van der Waals surface area contributed by atoms with E-state index >= 15 is 0 Å². The molecule has 2 aromatic carbocycles. The van der Waals surface area contributed by atoms with Gasteiger partial charge in [-0.25, -0.2) is 8.78 Å². The summed E-state index contributed by atoms with van der Waals surface area (Å²) in [5.74, 6) is -2.39. The third kappa shape index (κ3) is 3.04. The zero-order valence-electron chi connectivity index (χ0n) is 13.6. The summed E-state index contributed by atoms with van der Waals surface area (Å²) in [5.41, 5.74) is 2.37. The number of fused-ring (bicyclic) bond motifs is 1. The Labute approximate surface area is 139 Å². The summed E-state index contributed by atoms with van der Waals surface area (Å²) in [5, 5.41) is 2.94. The molecule has 3 unspecified atom stereocenters. The third-order valence-electron chi connectivity index (χ3n) is 4.57. The fraction of sp³-hybridized carbons (Fsp3) is 0.316. The van der Waals surface area contributed by atoms with E-state index in [1.54, 1.807) is 14.0 Å². The molecule has 1 N–H and O–H groups in total. The Balaban J connectivity index is 1.75. The van der Waals surface area contributed by atoms with Gasteiger partial charge in [0.2, 0.25) is 5.91 Å². The summed E-state index contributed by atoms with van der Waals surface area (Å²) in [7, 11) is 1.61. The molecular formula is C19H19F2NO2. The largest absolute Gasteiger partial charge is 0.375 e. The van der Waals surface area contributed by atoms with Crippen LogP contribution in [0.2, 0.25) is 0 Å². The van der Waals surface area contributed by atoms with Crippen molar-refractivity contribution in [1.82, 2.24) is 5.32 Å². The SMILES string of the molecule is COC1c2ccccc2CC1NC(=O)C(C)c1ccc(F)cc1F. The predicted octanol–water partition coefficient (Wildman–Crippen LogP) is 3.50. The molecule has 0 bridgehead atoms. The lowest BCUT2D eigenvalue weighted by Crippen LogP contribution is -2.40. The first-order valence-corrected chi connectivity index (χ1v) is 7.87. The first-order valence-electron chi connectivity index (χ1n) is 7.87. The fourth-order valence-corrected chi connectivity index (χ4v) is 3.28. The van der Waals surface area contributed by atoms with Crippen LogP contribution in [0.25, 0.3) is 0 Å². The van der Waals surface area contributed by atoms with E-state index in [1.807, 2.05) is 24.3 Å². The average molecular weight is 331 g/mol. The molecule has 24 heavy (non-hydrogen) atoms. The van der Waals surface area contributed by atoms with E-state index in [0.29, 0.717) is 6.42 Å². The molecule has 3 atom stereocenters. The number of benzene rings is 2. The predicted molar refractivity (Wildman–Crippen MR) is 86.6 cm³/mol. The van der Waals surface area contributed by atoms with Crippen LogP contribution in [0.3, 0.4) is 0 Å². The van der Waals surface area contributed by atoms with Gasteiger partial charge in [-0.1, -0.05) is 30.3 Å². The Morgan fingerprint density at radius 3 is 2.71 bits per heavy atom. The molecule has 1 amide bonds. The smallest absolute Gasteiger partial charge is 0.227 e. The Hall–Kier alpha value is -2.27. The number of nitrogens with one attached hydrogen (secondary N) is 1. The van der Waals surface area contributed by atoms with Gasteiger partial charge in [0, 0.05) is 18.7 Å². The second-order valence-electron chi connectivity index (χ2n) is 6.06. The molecule has 0 aromatic heterocycles. The minimum Gasteiger partial charge on any atom is -0.375 e. The minimum atomic E-state index is -0.716. The first-order chi connectivity index (χ1) is 11.5. The fourth-order valence-electron chi connectivity index (χ4n) is 3.28. The average Bonchev–Trinajstić information content (AvgIpc) is 2.91. The molecule has 0 radical (unpaired) electrons. The molecule has 1 aliphatic carbocycles. The summed E-state index contributed by atoms with van der Waals surface area (Å²) in [6.07, 6.45) is 0.439. The van der Waals surface area contributed by atoms with Crippen LogP contribution in [0.4, 0.5) is 8.78 Å². The lowest BCUT2D eigenvalue weighted by molar-refractivity contribution is -0.123. The lowest BCUT2D eigenvalue weighted by Gasteiger charge is -2.22. The normalized spacial score (nSPS) is 20.5. The van der Waals surface area contributed by atoms with Crippen molar-refractivity contribution >= 4 is 5.91 Å². The Kier molecular flexibility index (Phi) is 4.62. The van der Waals surface area contributed by atoms with Gasteiger partial charge in [0.1, 0.15) is 17.7 Å². The molecular weight excluding hydrogens is 312 g/mol. The van der Waals surface area contributed by atoms with Crippen molar-refractivity contribution in [1.29, 1.82) is 0 Å². The summed E-state index contributed by atoms with van der Waals surface area (Å²) < 4.78 is 32.5. The van der Waals surface area contributed by atoms with E-state index < -0.39 is 17.6 Å². The standard InChI is InChI=1S/C19H19F2NO2/c1-11(14-8-7-13(20)10-16(14)21)19(23)22-17-9-12-5-3-4-6-15(12)18(17)24-2/h3-8,10-11,17-18H,9H2,1-2H3,(H,22,23). The molecule has 126 valence electrons. The molecule has 0 heterocycles. The maximum atomic E-state index is 13.9. The molecule has 1 aliphatic rings. The number of carbonyl (C=O) groups is 1. The number of amides is 1. The van der Waals surface area contributed by atoms with Crippen LogP contribution < -0.4 is 5.32 Å². The van der Waals surface area contributed by atoms with Crippen molar-refractivity contribution in [2.24, 2.45) is 0 Å². The third-order valence-corrected chi connectivity index (χ3v) is 4.57. The number of hydrogen-bond donors (Lipinski definition) is 1. The van der Waals surface area contributed by atoms with Crippen molar-refractivity contribution in [3.05, 3.63) is 70.8 Å². The van der Waals surface area contributed by atoms with E-state index in [0.717, 1.165) is 23.3 Å². The maximum absolute atomic E-state index is 13.9. The first kappa shape index (κ1) is 16.6. The van der Waals surface area contributed by atoms with E-state index in [2.05, 4.69) is 5.32 Å². The minimum absolute atomic E-state index is 0.179. The number of carbonyl (C=O) groups excluding carboxylic acids is 1. The number of rotatable bonds is 4. The quantitative estimate of drug-likeness (QED) is 0.931. The van der Waals surface area contributed by atoms with Gasteiger partial charge in [-0.15, -0.1) is 0 Å². The Morgan fingerprint density at radius 1 is 1.25 bits per heavy atom. The number of hydrogen-bond acceptors (Lipinski definition) is 2. The van der Waals surface area contributed by atoms with Crippen molar-refractivity contribution in [2.45, 2.75) is 31.4 Å². The van der Waals surface area contributed by atoms with Gasteiger partial charge in [0.05, 0.1) is 12.0 Å². The highest BCUT2D eigenvalue weighted by molar-refractivity contribution is 5.83. The monoisotopic (exact) mass is 331 g/mol. The van der Waals surface area contributed by atoms with Gasteiger partial charge in [-0.2, -0.15) is 0 Å². The maximum Gasteiger partial charge on any atom is 0.227 e. The lowest BCUT2D eigenvalue weighted by atomic mass is 9.99. The molecule has 0 aliphatic heterocycles. The van der Waals surface area contributed by atoms with Gasteiger partial charge in [0.25, 0.3) is 0 Å². The van der Waals surface area contributed by atoms with Crippen LogP contribution in [-0.4, -0.2) is 19.1 Å². The van der Waals surface area contributed by atoms with Gasteiger partial charge < -0.3 is 10.1 Å². The number of ether oxygens (including phenoxy) is 1. The van der Waals surface area contributed by atoms with Crippen molar-refractivity contribution in [2.75, 3.05) is 7.11 Å². The van der Waals surface area contributed by atoms with E-state index in [1.165, 1.54) is 6.07 Å². The van der Waals surface area contributed by atoms with E-state index in [-0.39, 0.29) is 23.6 Å².